The van der Waals surface area contributed by atoms with Crippen LogP contribution in [-0.2, 0) is 13.6 Å². The standard InChI is InChI=1S/C16H27N5/c1-15(13-5-6-13)11-21(9-14-17-12-19-20(14)2)16(10-18-15)7-3-4-8-16/h12-13,18H,3-11H2,1-2H3. The predicted molar refractivity (Wildman–Crippen MR) is 81.7 cm³/mol. The summed E-state index contributed by atoms with van der Waals surface area (Å²) in [6, 6.07) is 0. The van der Waals surface area contributed by atoms with E-state index in [2.05, 4.69) is 27.2 Å². The molecule has 1 atom stereocenters. The molecule has 1 aromatic rings. The molecule has 0 radical (unpaired) electrons. The van der Waals surface area contributed by atoms with E-state index in [9.17, 15) is 0 Å². The summed E-state index contributed by atoms with van der Waals surface area (Å²) in [6.07, 6.45) is 9.88. The molecule has 0 amide bonds. The van der Waals surface area contributed by atoms with Crippen molar-refractivity contribution in [2.24, 2.45) is 13.0 Å². The van der Waals surface area contributed by atoms with Gasteiger partial charge in [-0.15, -0.1) is 0 Å². The number of piperazine rings is 1. The Morgan fingerprint density at radius 2 is 2.10 bits per heavy atom. The van der Waals surface area contributed by atoms with Gasteiger partial charge in [-0.3, -0.25) is 9.58 Å². The Morgan fingerprint density at radius 1 is 1.33 bits per heavy atom. The van der Waals surface area contributed by atoms with Gasteiger partial charge in [0.05, 0.1) is 6.54 Å². The molecule has 1 saturated heterocycles. The van der Waals surface area contributed by atoms with Crippen LogP contribution in [0.3, 0.4) is 0 Å². The molecule has 3 fully saturated rings. The van der Waals surface area contributed by atoms with Crippen molar-refractivity contribution in [1.29, 1.82) is 0 Å². The van der Waals surface area contributed by atoms with E-state index in [0.29, 0.717) is 11.1 Å². The number of nitrogens with one attached hydrogen (secondary N) is 1. The van der Waals surface area contributed by atoms with Crippen LogP contribution < -0.4 is 5.32 Å². The van der Waals surface area contributed by atoms with Crippen LogP contribution in [0.4, 0.5) is 0 Å². The minimum Gasteiger partial charge on any atom is -0.308 e. The van der Waals surface area contributed by atoms with Crippen molar-refractivity contribution in [2.75, 3.05) is 13.1 Å². The van der Waals surface area contributed by atoms with Crippen molar-refractivity contribution >= 4 is 0 Å². The van der Waals surface area contributed by atoms with Gasteiger partial charge in [-0.05, 0) is 38.5 Å². The Morgan fingerprint density at radius 3 is 2.71 bits per heavy atom. The molecular weight excluding hydrogens is 262 g/mol. The number of rotatable bonds is 3. The first kappa shape index (κ1) is 13.7. The zero-order valence-electron chi connectivity index (χ0n) is 13.3. The Kier molecular flexibility index (Phi) is 3.12. The molecule has 116 valence electrons. The molecular formula is C16H27N5. The van der Waals surface area contributed by atoms with E-state index in [1.165, 1.54) is 38.5 Å². The van der Waals surface area contributed by atoms with Gasteiger partial charge in [0.1, 0.15) is 12.2 Å². The fraction of sp³-hybridized carbons (Fsp3) is 0.875. The van der Waals surface area contributed by atoms with Gasteiger partial charge in [0.15, 0.2) is 0 Å². The monoisotopic (exact) mass is 289 g/mol. The van der Waals surface area contributed by atoms with E-state index >= 15 is 0 Å². The van der Waals surface area contributed by atoms with Crippen LogP contribution in [0, 0.1) is 5.92 Å². The van der Waals surface area contributed by atoms with E-state index < -0.39 is 0 Å². The smallest absolute Gasteiger partial charge is 0.140 e. The van der Waals surface area contributed by atoms with Gasteiger partial charge in [-0.2, -0.15) is 5.10 Å². The van der Waals surface area contributed by atoms with Gasteiger partial charge >= 0.3 is 0 Å². The SMILES string of the molecule is Cn1ncnc1CN1CC(C)(C2CC2)NCC12CCCC2. The summed E-state index contributed by atoms with van der Waals surface area (Å²) >= 11 is 0. The minimum absolute atomic E-state index is 0.298. The Labute approximate surface area is 127 Å². The predicted octanol–water partition coefficient (Wildman–Crippen LogP) is 1.70. The van der Waals surface area contributed by atoms with Gasteiger partial charge in [0, 0.05) is 31.2 Å². The van der Waals surface area contributed by atoms with Crippen molar-refractivity contribution in [3.05, 3.63) is 12.2 Å². The maximum atomic E-state index is 4.46. The average molecular weight is 289 g/mol. The average Bonchev–Trinajstić information content (AvgIpc) is 3.11. The summed E-state index contributed by atoms with van der Waals surface area (Å²) in [5, 5.41) is 8.17. The highest BCUT2D eigenvalue weighted by Gasteiger charge is 2.51. The topological polar surface area (TPSA) is 46.0 Å². The lowest BCUT2D eigenvalue weighted by Crippen LogP contribution is -2.68. The number of hydrogen-bond donors (Lipinski definition) is 1. The third-order valence-electron chi connectivity index (χ3n) is 6.16. The van der Waals surface area contributed by atoms with Crippen LogP contribution in [0.15, 0.2) is 6.33 Å². The van der Waals surface area contributed by atoms with E-state index in [1.807, 2.05) is 11.7 Å². The summed E-state index contributed by atoms with van der Waals surface area (Å²) in [5.41, 5.74) is 0.660. The zero-order chi connectivity index (χ0) is 14.5. The van der Waals surface area contributed by atoms with E-state index in [4.69, 9.17) is 0 Å². The first-order valence-electron chi connectivity index (χ1n) is 8.44. The van der Waals surface area contributed by atoms with Crippen LogP contribution in [0.25, 0.3) is 0 Å². The van der Waals surface area contributed by atoms with Crippen molar-refractivity contribution in [3.8, 4) is 0 Å². The highest BCUT2D eigenvalue weighted by Crippen LogP contribution is 2.46. The highest BCUT2D eigenvalue weighted by atomic mass is 15.4. The van der Waals surface area contributed by atoms with Crippen LogP contribution in [-0.4, -0.2) is 43.8 Å². The van der Waals surface area contributed by atoms with Gasteiger partial charge in [-0.1, -0.05) is 12.8 Å². The van der Waals surface area contributed by atoms with Crippen LogP contribution >= 0.6 is 0 Å². The highest BCUT2D eigenvalue weighted by molar-refractivity contribution is 5.10. The molecule has 3 aliphatic rings. The number of aryl methyl sites for hydroxylation is 1. The quantitative estimate of drug-likeness (QED) is 0.920. The molecule has 0 aromatic carbocycles. The molecule has 1 aliphatic heterocycles. The molecule has 1 spiro atoms. The molecule has 2 saturated carbocycles. The molecule has 1 aromatic heterocycles. The lowest BCUT2D eigenvalue weighted by molar-refractivity contribution is -0.00309. The Balaban J connectivity index is 1.59. The summed E-state index contributed by atoms with van der Waals surface area (Å²) in [7, 11) is 2.01. The maximum absolute atomic E-state index is 4.46. The summed E-state index contributed by atoms with van der Waals surface area (Å²) < 4.78 is 1.93. The first-order valence-corrected chi connectivity index (χ1v) is 8.44. The Hall–Kier alpha value is -0.940. The fourth-order valence-corrected chi connectivity index (χ4v) is 4.48. The lowest BCUT2D eigenvalue weighted by Gasteiger charge is -2.52. The Bertz CT molecular complexity index is 514. The van der Waals surface area contributed by atoms with Crippen molar-refractivity contribution < 1.29 is 0 Å². The summed E-state index contributed by atoms with van der Waals surface area (Å²) in [4.78, 5) is 7.20. The minimum atomic E-state index is 0.298. The molecule has 4 rings (SSSR count). The van der Waals surface area contributed by atoms with E-state index in [1.54, 1.807) is 6.33 Å². The zero-order valence-corrected chi connectivity index (χ0v) is 13.3. The third-order valence-corrected chi connectivity index (χ3v) is 6.16. The second kappa shape index (κ2) is 4.78. The summed E-state index contributed by atoms with van der Waals surface area (Å²) in [6.45, 7) is 5.68. The van der Waals surface area contributed by atoms with E-state index in [0.717, 1.165) is 31.4 Å². The maximum Gasteiger partial charge on any atom is 0.140 e. The normalized spacial score (nSPS) is 32.9. The van der Waals surface area contributed by atoms with Crippen molar-refractivity contribution in [2.45, 2.75) is 63.1 Å². The van der Waals surface area contributed by atoms with Crippen molar-refractivity contribution in [1.82, 2.24) is 25.0 Å². The molecule has 21 heavy (non-hydrogen) atoms. The molecule has 0 bridgehead atoms. The first-order chi connectivity index (χ1) is 10.1. The molecule has 5 nitrogen and oxygen atoms in total. The largest absolute Gasteiger partial charge is 0.308 e. The number of nitrogens with zero attached hydrogens (tertiary/aromatic N) is 4. The molecule has 2 aliphatic carbocycles. The van der Waals surface area contributed by atoms with Gasteiger partial charge in [0.2, 0.25) is 0 Å². The van der Waals surface area contributed by atoms with Crippen LogP contribution in [0.2, 0.25) is 0 Å². The number of aromatic nitrogens is 3. The van der Waals surface area contributed by atoms with Gasteiger partial charge in [0.25, 0.3) is 0 Å². The van der Waals surface area contributed by atoms with Crippen LogP contribution in [0.5, 0.6) is 0 Å². The van der Waals surface area contributed by atoms with E-state index in [-0.39, 0.29) is 0 Å². The third kappa shape index (κ3) is 2.30. The van der Waals surface area contributed by atoms with Gasteiger partial charge in [-0.25, -0.2) is 4.98 Å². The molecule has 1 N–H and O–H groups in total. The second-order valence-electron chi connectivity index (χ2n) is 7.63. The number of hydrogen-bond acceptors (Lipinski definition) is 4. The van der Waals surface area contributed by atoms with Crippen LogP contribution in [0.1, 0.15) is 51.3 Å². The fourth-order valence-electron chi connectivity index (χ4n) is 4.48. The molecule has 2 heterocycles. The lowest BCUT2D eigenvalue weighted by atomic mass is 9.83. The van der Waals surface area contributed by atoms with Crippen molar-refractivity contribution in [3.63, 3.8) is 0 Å². The molecule has 1 unspecified atom stereocenters. The summed E-state index contributed by atoms with van der Waals surface area (Å²) in [5.74, 6) is 1.97. The second-order valence-corrected chi connectivity index (χ2v) is 7.63. The molecule has 5 heteroatoms. The van der Waals surface area contributed by atoms with Gasteiger partial charge < -0.3 is 5.32 Å².